The smallest absolute Gasteiger partial charge is 0.310 e. The van der Waals surface area contributed by atoms with Crippen LogP contribution in [-0.4, -0.2) is 11.1 Å². The van der Waals surface area contributed by atoms with Gasteiger partial charge < -0.3 is 5.11 Å². The Kier molecular flexibility index (Phi) is 3.76. The topological polar surface area (TPSA) is 37.3 Å². The first kappa shape index (κ1) is 8.21. The van der Waals surface area contributed by atoms with E-state index >= 15 is 0 Å². The van der Waals surface area contributed by atoms with Crippen LogP contribution in [-0.2, 0) is 4.79 Å². The fourth-order valence-electron chi connectivity index (χ4n) is 0.423. The molecule has 0 bridgehead atoms. The number of hydrogen-bond donors (Lipinski definition) is 1. The third kappa shape index (κ3) is 3.76. The highest BCUT2D eigenvalue weighted by Gasteiger charge is 2.03. The minimum absolute atomic E-state index is 0.343. The molecule has 0 aromatic rings. The van der Waals surface area contributed by atoms with Crippen molar-refractivity contribution < 1.29 is 9.90 Å². The number of carboxylic acids is 1. The van der Waals surface area contributed by atoms with Crippen LogP contribution in [0.25, 0.3) is 0 Å². The molecule has 0 saturated heterocycles. The van der Waals surface area contributed by atoms with Crippen LogP contribution in [0.1, 0.15) is 20.3 Å². The molecule has 0 spiro atoms. The van der Waals surface area contributed by atoms with E-state index in [-0.39, 0.29) is 5.92 Å². The molecule has 0 aromatic carbocycles. The minimum Gasteiger partial charge on any atom is -0.481 e. The van der Waals surface area contributed by atoms with E-state index in [0.29, 0.717) is 0 Å². The van der Waals surface area contributed by atoms with Crippen molar-refractivity contribution in [2.45, 2.75) is 20.3 Å². The molecule has 0 aromatic heterocycles. The first-order valence-electron chi connectivity index (χ1n) is 3.08. The van der Waals surface area contributed by atoms with E-state index in [0.717, 1.165) is 6.42 Å². The third-order valence-electron chi connectivity index (χ3n) is 1.05. The Hall–Kier alpha value is -0.790. The van der Waals surface area contributed by atoms with Gasteiger partial charge in [-0.25, -0.2) is 0 Å². The molecule has 9 heavy (non-hydrogen) atoms. The zero-order chi connectivity index (χ0) is 7.28. The van der Waals surface area contributed by atoms with Crippen LogP contribution in [0.3, 0.4) is 0 Å². The van der Waals surface area contributed by atoms with Gasteiger partial charge in [0.15, 0.2) is 0 Å². The molecule has 2 nitrogen and oxygen atoms in total. The zero-order valence-corrected chi connectivity index (χ0v) is 5.79. The molecule has 0 amide bonds. The van der Waals surface area contributed by atoms with E-state index in [1.807, 2.05) is 13.0 Å². The number of aliphatic carboxylic acids is 1. The number of carboxylic acid groups (broad SMARTS) is 1. The van der Waals surface area contributed by atoms with E-state index in [9.17, 15) is 4.79 Å². The molecule has 0 aliphatic rings. The van der Waals surface area contributed by atoms with Crippen molar-refractivity contribution in [2.75, 3.05) is 0 Å². The maximum absolute atomic E-state index is 10.2. The average molecular weight is 128 g/mol. The van der Waals surface area contributed by atoms with Crippen LogP contribution in [0, 0.1) is 5.92 Å². The molecule has 52 valence electrons. The Morgan fingerprint density at radius 3 is 2.67 bits per heavy atom. The second-order valence-electron chi connectivity index (χ2n) is 1.96. The van der Waals surface area contributed by atoms with Gasteiger partial charge in [0.2, 0.25) is 0 Å². The Balaban J connectivity index is 3.62. The SMILES string of the molecule is CC/C=C\C(C)C(=O)O. The quantitative estimate of drug-likeness (QED) is 0.587. The monoisotopic (exact) mass is 128 g/mol. The molecule has 1 atom stereocenters. The van der Waals surface area contributed by atoms with Crippen LogP contribution in [0.15, 0.2) is 12.2 Å². The summed E-state index contributed by atoms with van der Waals surface area (Å²) in [5.74, 6) is -1.11. The molecule has 0 heterocycles. The lowest BCUT2D eigenvalue weighted by Crippen LogP contribution is -2.05. The summed E-state index contributed by atoms with van der Waals surface area (Å²) in [7, 11) is 0. The van der Waals surface area contributed by atoms with Gasteiger partial charge in [0.05, 0.1) is 5.92 Å². The van der Waals surface area contributed by atoms with Crippen molar-refractivity contribution in [3.63, 3.8) is 0 Å². The molecule has 0 fully saturated rings. The maximum atomic E-state index is 10.2. The zero-order valence-electron chi connectivity index (χ0n) is 5.79. The first-order valence-corrected chi connectivity index (χ1v) is 3.08. The minimum atomic E-state index is -0.764. The van der Waals surface area contributed by atoms with E-state index in [1.165, 1.54) is 0 Å². The molecular weight excluding hydrogens is 116 g/mol. The van der Waals surface area contributed by atoms with Crippen molar-refractivity contribution >= 4 is 5.97 Å². The van der Waals surface area contributed by atoms with Crippen molar-refractivity contribution in [3.05, 3.63) is 12.2 Å². The fourth-order valence-corrected chi connectivity index (χ4v) is 0.423. The Morgan fingerprint density at radius 1 is 1.78 bits per heavy atom. The summed E-state index contributed by atoms with van der Waals surface area (Å²) < 4.78 is 0. The lowest BCUT2D eigenvalue weighted by Gasteiger charge is -1.94. The predicted octanol–water partition coefficient (Wildman–Crippen LogP) is 1.67. The van der Waals surface area contributed by atoms with Gasteiger partial charge >= 0.3 is 5.97 Å². The molecule has 0 aliphatic heterocycles. The van der Waals surface area contributed by atoms with Crippen molar-refractivity contribution in [2.24, 2.45) is 5.92 Å². The number of rotatable bonds is 3. The van der Waals surface area contributed by atoms with Crippen molar-refractivity contribution in [3.8, 4) is 0 Å². The number of hydrogen-bond acceptors (Lipinski definition) is 1. The summed E-state index contributed by atoms with van der Waals surface area (Å²) in [6, 6.07) is 0. The fraction of sp³-hybridized carbons (Fsp3) is 0.571. The molecule has 0 aliphatic carbocycles. The predicted molar refractivity (Wildman–Crippen MR) is 36.2 cm³/mol. The third-order valence-corrected chi connectivity index (χ3v) is 1.05. The van der Waals surface area contributed by atoms with Gasteiger partial charge in [0, 0.05) is 0 Å². The van der Waals surface area contributed by atoms with Crippen LogP contribution in [0.2, 0.25) is 0 Å². The van der Waals surface area contributed by atoms with E-state index in [4.69, 9.17) is 5.11 Å². The van der Waals surface area contributed by atoms with Gasteiger partial charge in [-0.3, -0.25) is 4.79 Å². The summed E-state index contributed by atoms with van der Waals surface area (Å²) in [6.45, 7) is 3.64. The molecular formula is C7H12O2. The van der Waals surface area contributed by atoms with E-state index < -0.39 is 5.97 Å². The number of allylic oxidation sites excluding steroid dienone is 1. The summed E-state index contributed by atoms with van der Waals surface area (Å²) in [5.41, 5.74) is 0. The van der Waals surface area contributed by atoms with Gasteiger partial charge in [-0.15, -0.1) is 0 Å². The summed E-state index contributed by atoms with van der Waals surface area (Å²) in [5, 5.41) is 8.36. The second-order valence-corrected chi connectivity index (χ2v) is 1.96. The largest absolute Gasteiger partial charge is 0.481 e. The lowest BCUT2D eigenvalue weighted by atomic mass is 10.1. The van der Waals surface area contributed by atoms with Crippen molar-refractivity contribution in [1.29, 1.82) is 0 Å². The van der Waals surface area contributed by atoms with Crippen LogP contribution in [0.5, 0.6) is 0 Å². The van der Waals surface area contributed by atoms with Gasteiger partial charge in [-0.2, -0.15) is 0 Å². The summed E-state index contributed by atoms with van der Waals surface area (Å²) >= 11 is 0. The highest BCUT2D eigenvalue weighted by molar-refractivity contribution is 5.71. The van der Waals surface area contributed by atoms with Crippen LogP contribution >= 0.6 is 0 Å². The highest BCUT2D eigenvalue weighted by atomic mass is 16.4. The van der Waals surface area contributed by atoms with Gasteiger partial charge in [-0.1, -0.05) is 19.1 Å². The molecule has 2 heteroatoms. The molecule has 1 N–H and O–H groups in total. The Labute approximate surface area is 55.2 Å². The maximum Gasteiger partial charge on any atom is 0.310 e. The average Bonchev–Trinajstić information content (AvgIpc) is 1.82. The first-order chi connectivity index (χ1) is 4.18. The summed E-state index contributed by atoms with van der Waals surface area (Å²) in [6.07, 6.45) is 4.46. The second kappa shape index (κ2) is 4.13. The normalized spacial score (nSPS) is 14.0. The van der Waals surface area contributed by atoms with Gasteiger partial charge in [-0.05, 0) is 13.3 Å². The van der Waals surface area contributed by atoms with E-state index in [2.05, 4.69) is 0 Å². The molecule has 0 saturated carbocycles. The van der Waals surface area contributed by atoms with Gasteiger partial charge in [0.1, 0.15) is 0 Å². The van der Waals surface area contributed by atoms with E-state index in [1.54, 1.807) is 13.0 Å². The molecule has 0 radical (unpaired) electrons. The Morgan fingerprint density at radius 2 is 2.33 bits per heavy atom. The molecule has 0 rings (SSSR count). The Bertz CT molecular complexity index is 116. The highest BCUT2D eigenvalue weighted by Crippen LogP contribution is 1.96. The number of carbonyl (C=O) groups is 1. The summed E-state index contributed by atoms with van der Waals surface area (Å²) in [4.78, 5) is 10.2. The van der Waals surface area contributed by atoms with Gasteiger partial charge in [0.25, 0.3) is 0 Å². The van der Waals surface area contributed by atoms with Crippen LogP contribution < -0.4 is 0 Å². The standard InChI is InChI=1S/C7H12O2/c1-3-4-5-6(2)7(8)9/h4-6H,3H2,1-2H3,(H,8,9)/b5-4-. The lowest BCUT2D eigenvalue weighted by molar-refractivity contribution is -0.139. The molecule has 1 unspecified atom stereocenters. The van der Waals surface area contributed by atoms with Crippen LogP contribution in [0.4, 0.5) is 0 Å². The van der Waals surface area contributed by atoms with Crippen molar-refractivity contribution in [1.82, 2.24) is 0 Å².